The smallest absolute Gasteiger partial charge is 0.251 e. The summed E-state index contributed by atoms with van der Waals surface area (Å²) in [6, 6.07) is 12.3. The van der Waals surface area contributed by atoms with Crippen molar-refractivity contribution in [1.29, 1.82) is 0 Å². The van der Waals surface area contributed by atoms with Crippen LogP contribution in [0.15, 0.2) is 42.6 Å². The highest BCUT2D eigenvalue weighted by molar-refractivity contribution is 5.96. The van der Waals surface area contributed by atoms with Crippen LogP contribution in [0.1, 0.15) is 42.6 Å². The van der Waals surface area contributed by atoms with Gasteiger partial charge in [-0.05, 0) is 74.6 Å². The average Bonchev–Trinajstić information content (AvgIpc) is 3.49. The second-order valence-corrected chi connectivity index (χ2v) is 8.59. The van der Waals surface area contributed by atoms with E-state index in [1.807, 2.05) is 50.4 Å². The molecule has 4 N–H and O–H groups in total. The normalized spacial score (nSPS) is 14.1. The average molecular weight is 390 g/mol. The van der Waals surface area contributed by atoms with Crippen molar-refractivity contribution in [3.05, 3.63) is 53.7 Å². The van der Waals surface area contributed by atoms with Gasteiger partial charge in [0, 0.05) is 35.3 Å². The Morgan fingerprint density at radius 2 is 2.00 bits per heavy atom. The number of carbonyl (C=O) groups is 1. The molecule has 1 amide bonds. The third-order valence-corrected chi connectivity index (χ3v) is 5.01. The number of aromatic nitrogens is 2. The van der Waals surface area contributed by atoms with Gasteiger partial charge in [-0.15, -0.1) is 0 Å². The summed E-state index contributed by atoms with van der Waals surface area (Å²) in [5.41, 5.74) is 10.4. The van der Waals surface area contributed by atoms with E-state index in [9.17, 15) is 4.79 Å². The topological polar surface area (TPSA) is 92.9 Å². The summed E-state index contributed by atoms with van der Waals surface area (Å²) in [5.74, 6) is 0.565. The van der Waals surface area contributed by atoms with E-state index in [0.717, 1.165) is 40.4 Å². The Morgan fingerprint density at radius 1 is 1.21 bits per heavy atom. The molecule has 6 heteroatoms. The lowest BCUT2D eigenvalue weighted by atomic mass is 9.97. The van der Waals surface area contributed by atoms with Crippen molar-refractivity contribution in [3.63, 3.8) is 0 Å². The zero-order valence-corrected chi connectivity index (χ0v) is 17.1. The van der Waals surface area contributed by atoms with Gasteiger partial charge in [-0.2, -0.15) is 0 Å². The van der Waals surface area contributed by atoms with Gasteiger partial charge in [0.25, 0.3) is 5.91 Å². The molecule has 1 aromatic heterocycles. The van der Waals surface area contributed by atoms with Crippen LogP contribution in [0.5, 0.6) is 0 Å². The van der Waals surface area contributed by atoms with E-state index in [0.29, 0.717) is 24.1 Å². The molecule has 0 radical (unpaired) electrons. The summed E-state index contributed by atoms with van der Waals surface area (Å²) in [7, 11) is 0. The van der Waals surface area contributed by atoms with Gasteiger partial charge in [-0.25, -0.2) is 9.97 Å². The number of hydrogen-bond donors (Lipinski definition) is 3. The Hall–Kier alpha value is -2.99. The lowest BCUT2D eigenvalue weighted by Crippen LogP contribution is -2.39. The summed E-state index contributed by atoms with van der Waals surface area (Å²) in [5, 5.41) is 7.18. The third-order valence-electron chi connectivity index (χ3n) is 5.01. The first kappa shape index (κ1) is 19.3. The lowest BCUT2D eigenvalue weighted by Gasteiger charge is -2.18. The number of hydrogen-bond acceptors (Lipinski definition) is 5. The maximum atomic E-state index is 12.4. The molecule has 0 bridgehead atoms. The maximum Gasteiger partial charge on any atom is 0.251 e. The standard InChI is InChI=1S/C23H27N5O/c1-14-4-5-16(21(29)27-18-7-8-18)11-19(14)15-6-9-20-17(10-15)12-25-22(28-20)26-13-23(2,3)24/h4-6,9-12,18H,7-8,13,24H2,1-3H3,(H,27,29)(H,25,26,28). The van der Waals surface area contributed by atoms with Gasteiger partial charge in [0.05, 0.1) is 5.52 Å². The van der Waals surface area contributed by atoms with E-state index in [2.05, 4.69) is 33.6 Å². The number of fused-ring (bicyclic) bond motifs is 1. The van der Waals surface area contributed by atoms with E-state index in [4.69, 9.17) is 5.73 Å². The minimum absolute atomic E-state index is 0.00332. The van der Waals surface area contributed by atoms with Gasteiger partial charge in [0.15, 0.2) is 0 Å². The minimum atomic E-state index is -0.337. The van der Waals surface area contributed by atoms with Crippen LogP contribution in [0, 0.1) is 6.92 Å². The second kappa shape index (κ2) is 7.44. The lowest BCUT2D eigenvalue weighted by molar-refractivity contribution is 0.0951. The highest BCUT2D eigenvalue weighted by Crippen LogP contribution is 2.28. The Bertz CT molecular complexity index is 1070. The van der Waals surface area contributed by atoms with Crippen molar-refractivity contribution in [1.82, 2.24) is 15.3 Å². The zero-order valence-electron chi connectivity index (χ0n) is 17.1. The number of carbonyl (C=O) groups excluding carboxylic acids is 1. The number of nitrogens with two attached hydrogens (primary N) is 1. The molecule has 4 rings (SSSR count). The summed E-state index contributed by atoms with van der Waals surface area (Å²) < 4.78 is 0. The predicted octanol–water partition coefficient (Wildman–Crippen LogP) is 3.65. The van der Waals surface area contributed by atoms with Gasteiger partial charge < -0.3 is 16.4 Å². The maximum absolute atomic E-state index is 12.4. The summed E-state index contributed by atoms with van der Waals surface area (Å²) in [4.78, 5) is 21.4. The molecule has 0 atom stereocenters. The quantitative estimate of drug-likeness (QED) is 0.598. The van der Waals surface area contributed by atoms with Crippen LogP contribution in [0.25, 0.3) is 22.0 Å². The molecule has 3 aromatic rings. The molecule has 0 aliphatic heterocycles. The minimum Gasteiger partial charge on any atom is -0.352 e. The highest BCUT2D eigenvalue weighted by Gasteiger charge is 2.24. The molecule has 1 aliphatic carbocycles. The van der Waals surface area contributed by atoms with E-state index in [-0.39, 0.29) is 11.4 Å². The monoisotopic (exact) mass is 389 g/mol. The van der Waals surface area contributed by atoms with Gasteiger partial charge in [-0.1, -0.05) is 12.1 Å². The van der Waals surface area contributed by atoms with E-state index in [1.165, 1.54) is 0 Å². The molecule has 2 aromatic carbocycles. The van der Waals surface area contributed by atoms with E-state index < -0.39 is 0 Å². The van der Waals surface area contributed by atoms with E-state index >= 15 is 0 Å². The number of benzene rings is 2. The van der Waals surface area contributed by atoms with Crippen molar-refractivity contribution in [3.8, 4) is 11.1 Å². The van der Waals surface area contributed by atoms with Crippen molar-refractivity contribution in [2.45, 2.75) is 45.2 Å². The summed E-state index contributed by atoms with van der Waals surface area (Å²) in [6.07, 6.45) is 3.97. The predicted molar refractivity (Wildman–Crippen MR) is 117 cm³/mol. The molecule has 1 aliphatic rings. The van der Waals surface area contributed by atoms with Crippen molar-refractivity contribution in [2.24, 2.45) is 5.73 Å². The van der Waals surface area contributed by atoms with Crippen molar-refractivity contribution < 1.29 is 4.79 Å². The molecular weight excluding hydrogens is 362 g/mol. The van der Waals surface area contributed by atoms with Crippen LogP contribution in [0.4, 0.5) is 5.95 Å². The fourth-order valence-corrected chi connectivity index (χ4v) is 3.16. The number of nitrogens with zero attached hydrogens (tertiary/aromatic N) is 2. The molecular formula is C23H27N5O. The zero-order chi connectivity index (χ0) is 20.6. The Morgan fingerprint density at radius 3 is 2.72 bits per heavy atom. The SMILES string of the molecule is Cc1ccc(C(=O)NC2CC2)cc1-c1ccc2nc(NCC(C)(C)N)ncc2c1. The molecule has 1 heterocycles. The van der Waals surface area contributed by atoms with Gasteiger partial charge in [0.2, 0.25) is 5.95 Å². The fraction of sp³-hybridized carbons (Fsp3) is 0.348. The number of rotatable bonds is 6. The van der Waals surface area contributed by atoms with Gasteiger partial charge >= 0.3 is 0 Å². The van der Waals surface area contributed by atoms with Crippen molar-refractivity contribution >= 4 is 22.8 Å². The summed E-state index contributed by atoms with van der Waals surface area (Å²) in [6.45, 7) is 6.55. The fourth-order valence-electron chi connectivity index (χ4n) is 3.16. The molecule has 0 saturated heterocycles. The van der Waals surface area contributed by atoms with Crippen LogP contribution in [0.2, 0.25) is 0 Å². The van der Waals surface area contributed by atoms with Crippen LogP contribution in [0.3, 0.4) is 0 Å². The highest BCUT2D eigenvalue weighted by atomic mass is 16.1. The largest absolute Gasteiger partial charge is 0.352 e. The molecule has 150 valence electrons. The van der Waals surface area contributed by atoms with Gasteiger partial charge in [-0.3, -0.25) is 4.79 Å². The molecule has 6 nitrogen and oxygen atoms in total. The molecule has 0 unspecified atom stereocenters. The Kier molecular flexibility index (Phi) is 4.96. The van der Waals surface area contributed by atoms with Crippen LogP contribution < -0.4 is 16.4 Å². The number of aryl methyl sites for hydroxylation is 1. The molecule has 1 fully saturated rings. The van der Waals surface area contributed by atoms with E-state index in [1.54, 1.807) is 0 Å². The van der Waals surface area contributed by atoms with Crippen LogP contribution in [-0.4, -0.2) is 34.0 Å². The molecule has 29 heavy (non-hydrogen) atoms. The molecule has 1 saturated carbocycles. The Balaban J connectivity index is 1.61. The first-order valence-electron chi connectivity index (χ1n) is 10.00. The van der Waals surface area contributed by atoms with Gasteiger partial charge in [0.1, 0.15) is 0 Å². The van der Waals surface area contributed by atoms with Crippen LogP contribution in [-0.2, 0) is 0 Å². The third kappa shape index (κ3) is 4.71. The summed E-state index contributed by atoms with van der Waals surface area (Å²) >= 11 is 0. The number of amides is 1. The first-order valence-corrected chi connectivity index (χ1v) is 10.00. The van der Waals surface area contributed by atoms with Crippen LogP contribution >= 0.6 is 0 Å². The molecule has 0 spiro atoms. The second-order valence-electron chi connectivity index (χ2n) is 8.59. The van der Waals surface area contributed by atoms with Crippen molar-refractivity contribution in [2.75, 3.05) is 11.9 Å². The number of anilines is 1. The number of nitrogens with one attached hydrogen (secondary N) is 2. The Labute approximate surface area is 170 Å². The first-order chi connectivity index (χ1) is 13.8.